The minimum absolute atomic E-state index is 0. The zero-order chi connectivity index (χ0) is 20.5. The Morgan fingerprint density at radius 2 is 2.03 bits per heavy atom. The molecule has 7 heteroatoms. The second kappa shape index (κ2) is 8.88. The second-order valence-corrected chi connectivity index (χ2v) is 8.35. The number of para-hydroxylation sites is 1. The molecule has 0 atom stereocenters. The summed E-state index contributed by atoms with van der Waals surface area (Å²) in [6.07, 6.45) is 6.86. The third kappa shape index (κ3) is 4.31. The number of carbonyl (C=O) groups excluding carboxylic acids is 1. The fourth-order valence-electron chi connectivity index (χ4n) is 3.82. The lowest BCUT2D eigenvalue weighted by Gasteiger charge is -1.98. The molecule has 0 saturated heterocycles. The number of hydrogen-bond acceptors (Lipinski definition) is 3. The summed E-state index contributed by atoms with van der Waals surface area (Å²) in [4.78, 5) is 13.2. The average Bonchev–Trinajstić information content (AvgIpc) is 3.51. The molecule has 5 nitrogen and oxygen atoms in total. The first-order chi connectivity index (χ1) is 14.7. The third-order valence-electron chi connectivity index (χ3n) is 5.27. The molecular formula is C24H21ClN4OS. The van der Waals surface area contributed by atoms with Gasteiger partial charge in [-0.2, -0.15) is 9.67 Å². The standard InChI is InChI=1S/C24H21N4OS.ClH/c1-27-14-18(20-7-2-3-8-22(20)27)12-19-13-21(26-25-19)17-6-4-10-28(15-17)16-23(29)24-9-5-11-30-24;/h2-11,13-15H,12,16H2,1H3,(H,25,26);1H/q+1;/p-1. The van der Waals surface area contributed by atoms with Crippen LogP contribution in [0.2, 0.25) is 0 Å². The normalized spacial score (nSPS) is 10.9. The SMILES string of the molecule is Cn1cc(Cc2cc(-c3ccc[n+](CC(=O)c4cccs4)c3)n[nH]2)c2ccccc21.[Cl-]. The predicted octanol–water partition coefficient (Wildman–Crippen LogP) is 1.40. The quantitative estimate of drug-likeness (QED) is 0.315. The first-order valence-electron chi connectivity index (χ1n) is 9.81. The van der Waals surface area contributed by atoms with Gasteiger partial charge in [-0.25, -0.2) is 0 Å². The molecule has 0 amide bonds. The summed E-state index contributed by atoms with van der Waals surface area (Å²) in [6, 6.07) is 18.3. The molecule has 5 rings (SSSR count). The number of carbonyl (C=O) groups is 1. The van der Waals surface area contributed by atoms with E-state index in [0.29, 0.717) is 6.54 Å². The molecule has 0 radical (unpaired) electrons. The van der Waals surface area contributed by atoms with Crippen LogP contribution >= 0.6 is 11.3 Å². The Morgan fingerprint density at radius 1 is 1.16 bits per heavy atom. The Morgan fingerprint density at radius 3 is 2.87 bits per heavy atom. The van der Waals surface area contributed by atoms with Crippen molar-refractivity contribution in [1.29, 1.82) is 0 Å². The maximum absolute atomic E-state index is 12.4. The minimum atomic E-state index is 0. The number of nitrogens with zero attached hydrogens (tertiary/aromatic N) is 3. The van der Waals surface area contributed by atoms with Crippen LogP contribution in [0.5, 0.6) is 0 Å². The number of pyridine rings is 1. The van der Waals surface area contributed by atoms with E-state index in [-0.39, 0.29) is 18.2 Å². The molecule has 0 unspecified atom stereocenters. The molecule has 4 heterocycles. The van der Waals surface area contributed by atoms with E-state index in [1.165, 1.54) is 27.8 Å². The monoisotopic (exact) mass is 448 g/mol. The Kier molecular flexibility index (Phi) is 6.02. The molecule has 1 N–H and O–H groups in total. The molecule has 0 saturated carbocycles. The lowest BCUT2D eigenvalue weighted by molar-refractivity contribution is -0.682. The smallest absolute Gasteiger partial charge is 0.237 e. The fourth-order valence-corrected chi connectivity index (χ4v) is 4.48. The Hall–Kier alpha value is -3.22. The van der Waals surface area contributed by atoms with Crippen molar-refractivity contribution in [2.24, 2.45) is 7.05 Å². The summed E-state index contributed by atoms with van der Waals surface area (Å²) >= 11 is 1.48. The number of Topliss-reactive ketones (excluding diaryl/α,β-unsaturated/α-hetero) is 1. The van der Waals surface area contributed by atoms with Crippen LogP contribution in [0.15, 0.2) is 78.6 Å². The highest BCUT2D eigenvalue weighted by atomic mass is 35.5. The molecule has 0 spiro atoms. The van der Waals surface area contributed by atoms with Gasteiger partial charge in [0.2, 0.25) is 12.3 Å². The van der Waals surface area contributed by atoms with Crippen molar-refractivity contribution < 1.29 is 21.8 Å². The number of H-pyrrole nitrogens is 1. The lowest BCUT2D eigenvalue weighted by Crippen LogP contribution is -3.00. The molecule has 156 valence electrons. The van der Waals surface area contributed by atoms with Gasteiger partial charge in [-0.1, -0.05) is 24.3 Å². The zero-order valence-electron chi connectivity index (χ0n) is 17.0. The number of benzene rings is 1. The van der Waals surface area contributed by atoms with Gasteiger partial charge < -0.3 is 17.0 Å². The fraction of sp³-hybridized carbons (Fsp3) is 0.125. The van der Waals surface area contributed by atoms with E-state index >= 15 is 0 Å². The Balaban J connectivity index is 0.00000231. The van der Waals surface area contributed by atoms with Gasteiger partial charge in [-0.05, 0) is 35.2 Å². The molecule has 0 aliphatic carbocycles. The van der Waals surface area contributed by atoms with E-state index in [0.717, 1.165) is 28.2 Å². The van der Waals surface area contributed by atoms with Gasteiger partial charge in [0.1, 0.15) is 0 Å². The molecule has 5 aromatic rings. The molecule has 0 fully saturated rings. The average molecular weight is 449 g/mol. The first kappa shape index (κ1) is 21.0. The van der Waals surface area contributed by atoms with Crippen LogP contribution in [0.4, 0.5) is 0 Å². The van der Waals surface area contributed by atoms with Gasteiger partial charge in [-0.15, -0.1) is 11.3 Å². The molecule has 0 aliphatic heterocycles. The first-order valence-corrected chi connectivity index (χ1v) is 10.7. The number of hydrogen-bond donors (Lipinski definition) is 1. The summed E-state index contributed by atoms with van der Waals surface area (Å²) < 4.78 is 4.07. The number of nitrogens with one attached hydrogen (secondary N) is 1. The Labute approximate surface area is 190 Å². The van der Waals surface area contributed by atoms with E-state index in [1.54, 1.807) is 0 Å². The molecule has 0 aliphatic rings. The number of thiophene rings is 1. The molecule has 31 heavy (non-hydrogen) atoms. The van der Waals surface area contributed by atoms with Gasteiger partial charge in [0.05, 0.1) is 16.1 Å². The summed E-state index contributed by atoms with van der Waals surface area (Å²) in [6.45, 7) is 0.321. The summed E-state index contributed by atoms with van der Waals surface area (Å²) in [5, 5.41) is 10.9. The van der Waals surface area contributed by atoms with E-state index in [9.17, 15) is 4.79 Å². The number of fused-ring (bicyclic) bond motifs is 1. The van der Waals surface area contributed by atoms with Gasteiger partial charge >= 0.3 is 0 Å². The van der Waals surface area contributed by atoms with Crippen LogP contribution in [0.1, 0.15) is 20.9 Å². The maximum atomic E-state index is 12.4. The van der Waals surface area contributed by atoms with Crippen molar-refractivity contribution in [3.63, 3.8) is 0 Å². The maximum Gasteiger partial charge on any atom is 0.237 e. The van der Waals surface area contributed by atoms with Crippen molar-refractivity contribution in [3.05, 3.63) is 94.7 Å². The minimum Gasteiger partial charge on any atom is -1.00 e. The highest BCUT2D eigenvalue weighted by molar-refractivity contribution is 7.12. The van der Waals surface area contributed by atoms with E-state index < -0.39 is 0 Å². The van der Waals surface area contributed by atoms with Crippen molar-refractivity contribution in [2.45, 2.75) is 13.0 Å². The van der Waals surface area contributed by atoms with Gasteiger partial charge in [0.25, 0.3) is 0 Å². The van der Waals surface area contributed by atoms with E-state index in [4.69, 9.17) is 0 Å². The second-order valence-electron chi connectivity index (χ2n) is 7.40. The number of aromatic nitrogens is 4. The number of aromatic amines is 1. The molecule has 0 bridgehead atoms. The zero-order valence-corrected chi connectivity index (χ0v) is 18.5. The van der Waals surface area contributed by atoms with Gasteiger partial charge in [-0.3, -0.25) is 9.89 Å². The van der Waals surface area contributed by atoms with Crippen molar-refractivity contribution in [3.8, 4) is 11.3 Å². The van der Waals surface area contributed by atoms with E-state index in [1.807, 2.05) is 46.6 Å². The van der Waals surface area contributed by atoms with Crippen LogP contribution in [-0.4, -0.2) is 20.5 Å². The third-order valence-corrected chi connectivity index (χ3v) is 6.18. The lowest BCUT2D eigenvalue weighted by atomic mass is 10.1. The Bertz CT molecular complexity index is 1340. The molecular weight excluding hydrogens is 428 g/mol. The van der Waals surface area contributed by atoms with Crippen LogP contribution in [0.3, 0.4) is 0 Å². The number of halogens is 1. The highest BCUT2D eigenvalue weighted by Gasteiger charge is 2.15. The van der Waals surface area contributed by atoms with Crippen LogP contribution in [-0.2, 0) is 20.0 Å². The highest BCUT2D eigenvalue weighted by Crippen LogP contribution is 2.24. The van der Waals surface area contributed by atoms with Crippen LogP contribution < -0.4 is 17.0 Å². The number of ketones is 1. The summed E-state index contributed by atoms with van der Waals surface area (Å²) in [5.41, 5.74) is 5.42. The van der Waals surface area contributed by atoms with Crippen molar-refractivity contribution in [1.82, 2.24) is 14.8 Å². The molecule has 4 aromatic heterocycles. The van der Waals surface area contributed by atoms with Gasteiger partial charge in [0, 0.05) is 42.3 Å². The van der Waals surface area contributed by atoms with Crippen LogP contribution in [0, 0.1) is 0 Å². The number of rotatable bonds is 6. The van der Waals surface area contributed by atoms with E-state index in [2.05, 4.69) is 58.3 Å². The number of aryl methyl sites for hydroxylation is 1. The largest absolute Gasteiger partial charge is 1.00 e. The topological polar surface area (TPSA) is 54.6 Å². The van der Waals surface area contributed by atoms with Crippen molar-refractivity contribution >= 4 is 28.0 Å². The van der Waals surface area contributed by atoms with Crippen LogP contribution in [0.25, 0.3) is 22.2 Å². The summed E-state index contributed by atoms with van der Waals surface area (Å²) in [7, 11) is 2.07. The van der Waals surface area contributed by atoms with Crippen molar-refractivity contribution in [2.75, 3.05) is 0 Å². The predicted molar refractivity (Wildman–Crippen MR) is 119 cm³/mol. The summed E-state index contributed by atoms with van der Waals surface area (Å²) in [5.74, 6) is 0.117. The van der Waals surface area contributed by atoms with Gasteiger partial charge in [0.15, 0.2) is 12.4 Å². The molecule has 1 aromatic carbocycles.